The summed E-state index contributed by atoms with van der Waals surface area (Å²) in [5.41, 5.74) is 0.634. The summed E-state index contributed by atoms with van der Waals surface area (Å²) in [4.78, 5) is 0. The molecule has 0 aliphatic heterocycles. The maximum Gasteiger partial charge on any atom is 0.384 e. The lowest BCUT2D eigenvalue weighted by Crippen LogP contribution is -1.78. The van der Waals surface area contributed by atoms with Crippen LogP contribution in [0.5, 0.6) is 0 Å². The van der Waals surface area contributed by atoms with Crippen LogP contribution in [-0.4, -0.2) is 7.56 Å². The van der Waals surface area contributed by atoms with E-state index in [0.29, 0.717) is 23.2 Å². The normalized spacial score (nSPS) is 10.6. The van der Waals surface area contributed by atoms with Crippen LogP contribution in [0.1, 0.15) is 5.56 Å². The van der Waals surface area contributed by atoms with Crippen molar-refractivity contribution in [3.63, 3.8) is 0 Å². The molecule has 0 saturated heterocycles. The second-order valence-electron chi connectivity index (χ2n) is 2.12. The average molecular weight is 202 g/mol. The fourth-order valence-electron chi connectivity index (χ4n) is 0.803. The van der Waals surface area contributed by atoms with Gasteiger partial charge in [-0.1, -0.05) is 41.3 Å². The second-order valence-corrected chi connectivity index (χ2v) is 2.93. The molecule has 0 fully saturated rings. The molecule has 0 nitrogen and oxygen atoms in total. The van der Waals surface area contributed by atoms with Crippen LogP contribution in [0.2, 0.25) is 10.0 Å². The van der Waals surface area contributed by atoms with E-state index in [9.17, 15) is 4.32 Å². The van der Waals surface area contributed by atoms with Crippen molar-refractivity contribution in [3.05, 3.63) is 39.8 Å². The summed E-state index contributed by atoms with van der Waals surface area (Å²) in [5, 5.41) is 1.03. The number of rotatable bonds is 2. The first kappa shape index (κ1) is 9.62. The van der Waals surface area contributed by atoms with Crippen molar-refractivity contribution in [1.29, 1.82) is 0 Å². The van der Waals surface area contributed by atoms with Gasteiger partial charge in [0.25, 0.3) is 0 Å². The lowest BCUT2D eigenvalue weighted by molar-refractivity contribution is 0.884. The van der Waals surface area contributed by atoms with Crippen molar-refractivity contribution in [1.82, 2.24) is 0 Å². The van der Waals surface area contributed by atoms with Crippen molar-refractivity contribution in [2.45, 2.75) is 0 Å². The Bertz CT molecular complexity index is 279. The van der Waals surface area contributed by atoms with Gasteiger partial charge in [-0.05, 0) is 12.1 Å². The van der Waals surface area contributed by atoms with Crippen molar-refractivity contribution in [2.75, 3.05) is 0 Å². The molecule has 4 heteroatoms. The highest BCUT2D eigenvalue weighted by atomic mass is 35.5. The topological polar surface area (TPSA) is 0 Å². The van der Waals surface area contributed by atoms with E-state index in [0.717, 1.165) is 0 Å². The molecule has 1 rings (SSSR count). The fraction of sp³-hybridized carbons (Fsp3) is 0. The summed E-state index contributed by atoms with van der Waals surface area (Å²) in [5.74, 6) is 1.24. The highest BCUT2D eigenvalue weighted by Gasteiger charge is 2.00. The van der Waals surface area contributed by atoms with Crippen molar-refractivity contribution in [2.24, 2.45) is 0 Å². The van der Waals surface area contributed by atoms with Crippen molar-refractivity contribution in [3.8, 4) is 0 Å². The lowest BCUT2D eigenvalue weighted by atomic mass is 10.0. The predicted octanol–water partition coefficient (Wildman–Crippen LogP) is 3.55. The molecule has 0 amide bonds. The number of benzene rings is 1. The molecule has 0 unspecified atom stereocenters. The Kier molecular flexibility index (Phi) is 3.64. The zero-order valence-electron chi connectivity index (χ0n) is 6.10. The quantitative estimate of drug-likeness (QED) is 0.643. The third kappa shape index (κ3) is 2.26. The minimum absolute atomic E-state index is 0.430. The molecule has 1 aromatic rings. The Morgan fingerprint density at radius 2 is 1.83 bits per heavy atom. The standard InChI is InChI=1S/C8H5BCl2F/c10-7-2-1-3-8(11)6(7)4-5-9-12/h1-5H/b5-4+. The smallest absolute Gasteiger partial charge is 0.336 e. The number of hydrogen-bond donors (Lipinski definition) is 0. The van der Waals surface area contributed by atoms with Crippen LogP contribution < -0.4 is 0 Å². The first-order valence-electron chi connectivity index (χ1n) is 3.30. The zero-order valence-corrected chi connectivity index (χ0v) is 7.61. The molecule has 0 spiro atoms. The van der Waals surface area contributed by atoms with E-state index in [-0.39, 0.29) is 0 Å². The Labute approximate surface area is 81.3 Å². The molecule has 61 valence electrons. The largest absolute Gasteiger partial charge is 0.384 e. The van der Waals surface area contributed by atoms with E-state index in [1.54, 1.807) is 18.2 Å². The van der Waals surface area contributed by atoms with Gasteiger partial charge in [0.05, 0.1) is 0 Å². The Morgan fingerprint density at radius 3 is 2.33 bits per heavy atom. The molecule has 0 bridgehead atoms. The van der Waals surface area contributed by atoms with Gasteiger partial charge < -0.3 is 4.32 Å². The highest BCUT2D eigenvalue weighted by molar-refractivity contribution is 6.39. The molecule has 1 radical (unpaired) electrons. The monoisotopic (exact) mass is 201 g/mol. The van der Waals surface area contributed by atoms with Crippen LogP contribution in [-0.2, 0) is 0 Å². The van der Waals surface area contributed by atoms with E-state index >= 15 is 0 Å². The first-order valence-corrected chi connectivity index (χ1v) is 4.05. The van der Waals surface area contributed by atoms with Crippen LogP contribution >= 0.6 is 23.2 Å². The van der Waals surface area contributed by atoms with E-state index in [1.165, 1.54) is 12.1 Å². The Balaban J connectivity index is 3.04. The Hall–Kier alpha value is -0.465. The van der Waals surface area contributed by atoms with Gasteiger partial charge in [0.2, 0.25) is 0 Å². The molecule has 0 atom stereocenters. The molecule has 12 heavy (non-hydrogen) atoms. The highest BCUT2D eigenvalue weighted by Crippen LogP contribution is 2.25. The summed E-state index contributed by atoms with van der Waals surface area (Å²) in [6.45, 7) is 0. The van der Waals surface area contributed by atoms with Gasteiger partial charge in [0.1, 0.15) is 0 Å². The molecule has 0 aliphatic carbocycles. The summed E-state index contributed by atoms with van der Waals surface area (Å²) in [6.07, 6.45) is 1.52. The van der Waals surface area contributed by atoms with Crippen LogP contribution in [0, 0.1) is 0 Å². The number of hydrogen-bond acceptors (Lipinski definition) is 0. The van der Waals surface area contributed by atoms with Crippen LogP contribution in [0.25, 0.3) is 6.08 Å². The molecular formula is C8H5BCl2F. The third-order valence-corrected chi connectivity index (χ3v) is 1.99. The maximum absolute atomic E-state index is 11.6. The van der Waals surface area contributed by atoms with Gasteiger partial charge in [-0.15, -0.1) is 0 Å². The van der Waals surface area contributed by atoms with Gasteiger partial charge in [0, 0.05) is 15.6 Å². The predicted molar refractivity (Wildman–Crippen MR) is 52.4 cm³/mol. The molecule has 0 saturated carbocycles. The molecule has 1 aromatic carbocycles. The summed E-state index contributed by atoms with van der Waals surface area (Å²) in [6, 6.07) is 5.14. The average Bonchev–Trinajstić information content (AvgIpc) is 2.04. The summed E-state index contributed by atoms with van der Waals surface area (Å²) >= 11 is 11.6. The van der Waals surface area contributed by atoms with Crippen LogP contribution in [0.3, 0.4) is 0 Å². The fourth-order valence-corrected chi connectivity index (χ4v) is 1.33. The first-order chi connectivity index (χ1) is 5.75. The van der Waals surface area contributed by atoms with Crippen LogP contribution in [0.15, 0.2) is 24.2 Å². The van der Waals surface area contributed by atoms with E-state index < -0.39 is 0 Å². The van der Waals surface area contributed by atoms with E-state index in [2.05, 4.69) is 0 Å². The van der Waals surface area contributed by atoms with Gasteiger partial charge in [-0.2, -0.15) is 0 Å². The van der Waals surface area contributed by atoms with Gasteiger partial charge in [0.15, 0.2) is 0 Å². The molecule has 0 aliphatic rings. The minimum Gasteiger partial charge on any atom is -0.336 e. The van der Waals surface area contributed by atoms with Crippen LogP contribution in [0.4, 0.5) is 4.32 Å². The molecular weight excluding hydrogens is 197 g/mol. The lowest BCUT2D eigenvalue weighted by Gasteiger charge is -1.99. The minimum atomic E-state index is 0.430. The number of halogens is 3. The molecule has 0 N–H and O–H groups in total. The maximum atomic E-state index is 11.6. The molecule has 0 heterocycles. The second kappa shape index (κ2) is 4.53. The van der Waals surface area contributed by atoms with Gasteiger partial charge >= 0.3 is 7.56 Å². The third-order valence-electron chi connectivity index (χ3n) is 1.34. The van der Waals surface area contributed by atoms with E-state index in [1.807, 2.05) is 0 Å². The van der Waals surface area contributed by atoms with Gasteiger partial charge in [-0.3, -0.25) is 0 Å². The zero-order chi connectivity index (χ0) is 8.97. The molecule has 0 aromatic heterocycles. The summed E-state index contributed by atoms with van der Waals surface area (Å²) < 4.78 is 11.6. The van der Waals surface area contributed by atoms with E-state index in [4.69, 9.17) is 23.2 Å². The van der Waals surface area contributed by atoms with Crippen molar-refractivity contribution < 1.29 is 4.32 Å². The van der Waals surface area contributed by atoms with Gasteiger partial charge in [-0.25, -0.2) is 0 Å². The van der Waals surface area contributed by atoms with Crippen molar-refractivity contribution >= 4 is 36.8 Å². The summed E-state index contributed by atoms with van der Waals surface area (Å²) in [7, 11) is 0.430. The SMILES string of the molecule is F[B]/C=C/c1c(Cl)cccc1Cl. The Morgan fingerprint density at radius 1 is 1.25 bits per heavy atom.